The average Bonchev–Trinajstić information content (AvgIpc) is 1.59. The monoisotopic (exact) mass is 251 g/mol. The normalized spacial score (nSPS) is 9.23. The van der Waals surface area contributed by atoms with Gasteiger partial charge in [0.15, 0.2) is 0 Å². The molecule has 0 saturated carbocycles. The zero-order valence-corrected chi connectivity index (χ0v) is 9.78. The summed E-state index contributed by atoms with van der Waals surface area (Å²) in [5.74, 6) is 0. The van der Waals surface area contributed by atoms with Crippen LogP contribution in [-0.2, 0) is 20.8 Å². The third-order valence-corrected chi connectivity index (χ3v) is 0. The van der Waals surface area contributed by atoms with Crippen molar-refractivity contribution in [3.05, 3.63) is 4.91 Å². The van der Waals surface area contributed by atoms with E-state index in [1.165, 1.54) is 0 Å². The Bertz CT molecular complexity index is 232. The maximum Gasteiger partial charge on any atom is 1.00 e. The summed E-state index contributed by atoms with van der Waals surface area (Å²) in [5.41, 5.74) is 4.50. The maximum atomic E-state index is 8.74. The molecule has 0 saturated heterocycles. The molecule has 5 N–H and O–H groups in total. The maximum absolute atomic E-state index is 8.74. The largest absolute Gasteiger partial charge is 1.00 e. The second-order valence-electron chi connectivity index (χ2n) is 0.896. The molecule has 78 valence electrons. The number of rotatable bonds is 0. The summed E-state index contributed by atoms with van der Waals surface area (Å²) < 4.78 is 63.2. The van der Waals surface area contributed by atoms with Crippen LogP contribution in [0.1, 0.15) is 1.43 Å². The molecule has 0 rings (SSSR count). The molecule has 0 unspecified atom stereocenters. The summed E-state index contributed by atoms with van der Waals surface area (Å²) in [6.45, 7) is 0. The van der Waals surface area contributed by atoms with Crippen LogP contribution in [0.15, 0.2) is 0 Å². The Kier molecular flexibility index (Phi) is 18.7. The number of hydrogen-bond acceptors (Lipinski definition) is 6. The van der Waals surface area contributed by atoms with E-state index in [0.717, 1.165) is 0 Å². The molecule has 0 heterocycles. The van der Waals surface area contributed by atoms with Crippen LogP contribution in [-0.4, -0.2) is 35.0 Å². The van der Waals surface area contributed by atoms with Crippen molar-refractivity contribution in [2.45, 2.75) is 0 Å². The molecule has 0 aromatic heterocycles. The van der Waals surface area contributed by atoms with Crippen LogP contribution in [0.2, 0.25) is 0 Å². The van der Waals surface area contributed by atoms with Gasteiger partial charge in [0, 0.05) is 0 Å². The minimum Gasteiger partial charge on any atom is -1.00 e. The van der Waals surface area contributed by atoms with E-state index >= 15 is 0 Å². The van der Waals surface area contributed by atoms with E-state index in [1.54, 1.807) is 0 Å². The van der Waals surface area contributed by atoms with Gasteiger partial charge in [-0.3, -0.25) is 18.2 Å². The fraction of sp³-hybridized carbons (Fsp3) is 0. The van der Waals surface area contributed by atoms with Crippen molar-refractivity contribution in [2.75, 3.05) is 0 Å². The molecular weight excluding hydrogens is 245 g/mol. The van der Waals surface area contributed by atoms with Crippen molar-refractivity contribution in [1.29, 1.82) is 5.59 Å². The van der Waals surface area contributed by atoms with Crippen molar-refractivity contribution >= 4 is 20.8 Å². The van der Waals surface area contributed by atoms with Gasteiger partial charge in [-0.1, -0.05) is 5.59 Å². The van der Waals surface area contributed by atoms with Crippen LogP contribution in [0.25, 0.3) is 0 Å². The fourth-order valence-corrected chi connectivity index (χ4v) is 0. The van der Waals surface area contributed by atoms with Crippen molar-refractivity contribution < 1.29 is 66.0 Å². The summed E-state index contributed by atoms with van der Waals surface area (Å²) in [6.07, 6.45) is 0. The standard InChI is InChI=1S/HNO.Na.2H2O4S.H/c1-2;;2*1-5(2,3)4;/h1H;;2*(H2,1,2,3,4);/q;+1;;;-1. The average molecular weight is 251 g/mol. The van der Waals surface area contributed by atoms with Gasteiger partial charge in [-0.15, -0.1) is 0 Å². The first kappa shape index (κ1) is 23.3. The second kappa shape index (κ2) is 10.4. The Labute approximate surface area is 97.0 Å². The van der Waals surface area contributed by atoms with Gasteiger partial charge in [-0.05, 0) is 0 Å². The van der Waals surface area contributed by atoms with Gasteiger partial charge < -0.3 is 1.43 Å². The Morgan fingerprint density at radius 1 is 0.769 bits per heavy atom. The van der Waals surface area contributed by atoms with Gasteiger partial charge in [0.25, 0.3) is 0 Å². The Morgan fingerprint density at radius 2 is 0.769 bits per heavy atom. The molecule has 0 aliphatic heterocycles. The molecule has 0 spiro atoms. The quantitative estimate of drug-likeness (QED) is 0.163. The van der Waals surface area contributed by atoms with Gasteiger partial charge in [0.1, 0.15) is 0 Å². The smallest absolute Gasteiger partial charge is 1.00 e. The fourth-order valence-electron chi connectivity index (χ4n) is 0. The molecule has 0 bridgehead atoms. The first-order valence-electron chi connectivity index (χ1n) is 1.60. The van der Waals surface area contributed by atoms with Gasteiger partial charge in [-0.2, -0.15) is 21.7 Å². The van der Waals surface area contributed by atoms with Crippen LogP contribution in [0.5, 0.6) is 0 Å². The number of hydrogen-bond donors (Lipinski definition) is 5. The molecule has 0 atom stereocenters. The van der Waals surface area contributed by atoms with Gasteiger partial charge >= 0.3 is 50.4 Å². The molecule has 13 heteroatoms. The molecule has 0 aromatic carbocycles. The molecular formula is H6NNaO9S2. The molecule has 13 heavy (non-hydrogen) atoms. The summed E-state index contributed by atoms with van der Waals surface area (Å²) in [6, 6.07) is 0. The zero-order chi connectivity index (χ0) is 11.0. The van der Waals surface area contributed by atoms with E-state index in [9.17, 15) is 0 Å². The van der Waals surface area contributed by atoms with Crippen molar-refractivity contribution in [2.24, 2.45) is 0 Å². The predicted octanol–water partition coefficient (Wildman–Crippen LogP) is -3.86. The third-order valence-electron chi connectivity index (χ3n) is 0. The molecule has 0 fully saturated rings. The number of nitroso groups, excluding NO2 is 1. The van der Waals surface area contributed by atoms with Crippen LogP contribution in [0.3, 0.4) is 0 Å². The van der Waals surface area contributed by atoms with E-state index in [1.807, 2.05) is 0 Å². The first-order valence-corrected chi connectivity index (χ1v) is 4.40. The summed E-state index contributed by atoms with van der Waals surface area (Å²) in [4.78, 5) is 7.50. The van der Waals surface area contributed by atoms with Crippen LogP contribution < -0.4 is 29.6 Å². The van der Waals surface area contributed by atoms with Crippen LogP contribution >= 0.6 is 0 Å². The van der Waals surface area contributed by atoms with Gasteiger partial charge in [-0.25, -0.2) is 0 Å². The van der Waals surface area contributed by atoms with E-state index in [2.05, 4.69) is 5.59 Å². The van der Waals surface area contributed by atoms with Crippen molar-refractivity contribution in [1.82, 2.24) is 0 Å². The number of nitrogens with one attached hydrogen (secondary N) is 1. The summed E-state index contributed by atoms with van der Waals surface area (Å²) in [5, 5.41) is 0. The second-order valence-corrected chi connectivity index (χ2v) is 2.69. The van der Waals surface area contributed by atoms with E-state index < -0.39 is 20.8 Å². The predicted molar refractivity (Wildman–Crippen MR) is 35.6 cm³/mol. The Balaban J connectivity index is -0.0000000292. The van der Waals surface area contributed by atoms with Crippen molar-refractivity contribution in [3.63, 3.8) is 0 Å². The Hall–Kier alpha value is 0.340. The van der Waals surface area contributed by atoms with Gasteiger partial charge in [0.05, 0.1) is 0 Å². The molecule has 0 aliphatic rings. The van der Waals surface area contributed by atoms with E-state index in [4.69, 9.17) is 40.0 Å². The SMILES string of the molecule is N=O.O=S(=O)(O)O.O=S(=O)(O)O.[H-].[Na+]. The van der Waals surface area contributed by atoms with E-state index in [0.29, 0.717) is 0 Å². The molecule has 0 radical (unpaired) electrons. The summed E-state index contributed by atoms with van der Waals surface area (Å²) in [7, 11) is -9.33. The topological polar surface area (TPSA) is 190 Å². The van der Waals surface area contributed by atoms with Gasteiger partial charge in [0.2, 0.25) is 0 Å². The minimum absolute atomic E-state index is 0. The third kappa shape index (κ3) is 11400. The van der Waals surface area contributed by atoms with Crippen LogP contribution in [0, 0.1) is 10.5 Å². The molecule has 0 aromatic rings. The van der Waals surface area contributed by atoms with Crippen molar-refractivity contribution in [3.8, 4) is 0 Å². The zero-order valence-electron chi connectivity index (χ0n) is 7.15. The Morgan fingerprint density at radius 3 is 0.769 bits per heavy atom. The molecule has 0 amide bonds. The molecule has 10 nitrogen and oxygen atoms in total. The van der Waals surface area contributed by atoms with E-state index in [-0.39, 0.29) is 31.0 Å². The summed E-state index contributed by atoms with van der Waals surface area (Å²) >= 11 is 0. The minimum atomic E-state index is -4.67. The first-order chi connectivity index (χ1) is 5.00. The molecule has 0 aliphatic carbocycles. The van der Waals surface area contributed by atoms with Crippen LogP contribution in [0.4, 0.5) is 0 Å².